The van der Waals surface area contributed by atoms with Gasteiger partial charge in [-0.1, -0.05) is 23.8 Å². The lowest BCUT2D eigenvalue weighted by Crippen LogP contribution is -2.41. The molecule has 2 aromatic carbocycles. The zero-order valence-electron chi connectivity index (χ0n) is 16.9. The smallest absolute Gasteiger partial charge is 0.260 e. The van der Waals surface area contributed by atoms with Crippen molar-refractivity contribution in [2.24, 2.45) is 0 Å². The first-order valence-corrected chi connectivity index (χ1v) is 10.1. The van der Waals surface area contributed by atoms with Crippen LogP contribution >= 0.6 is 0 Å². The van der Waals surface area contributed by atoms with Gasteiger partial charge in [0.25, 0.3) is 5.91 Å². The fourth-order valence-corrected chi connectivity index (χ4v) is 3.86. The highest BCUT2D eigenvalue weighted by molar-refractivity contribution is 5.78. The van der Waals surface area contributed by atoms with Crippen molar-refractivity contribution in [3.63, 3.8) is 0 Å². The second-order valence-corrected chi connectivity index (χ2v) is 7.58. The number of carbonyl (C=O) groups is 1. The molecular formula is C24H24FN3O2. The van der Waals surface area contributed by atoms with E-state index in [4.69, 9.17) is 4.74 Å². The van der Waals surface area contributed by atoms with E-state index in [9.17, 15) is 9.18 Å². The second kappa shape index (κ2) is 9.03. The molecule has 1 aliphatic heterocycles. The summed E-state index contributed by atoms with van der Waals surface area (Å²) in [5.41, 5.74) is 4.02. The quantitative estimate of drug-likeness (QED) is 0.632. The van der Waals surface area contributed by atoms with Gasteiger partial charge in [-0.2, -0.15) is 0 Å². The summed E-state index contributed by atoms with van der Waals surface area (Å²) in [5.74, 6) is 0.192. The summed E-state index contributed by atoms with van der Waals surface area (Å²) >= 11 is 0. The number of piperidine rings is 1. The van der Waals surface area contributed by atoms with E-state index in [1.54, 1.807) is 12.4 Å². The van der Waals surface area contributed by atoms with E-state index in [1.165, 1.54) is 29.8 Å². The Morgan fingerprint density at radius 2 is 1.97 bits per heavy atom. The first-order chi connectivity index (χ1) is 14.6. The van der Waals surface area contributed by atoms with E-state index in [1.807, 2.05) is 17.0 Å². The average molecular weight is 405 g/mol. The van der Waals surface area contributed by atoms with E-state index in [0.29, 0.717) is 18.8 Å². The summed E-state index contributed by atoms with van der Waals surface area (Å²) in [6, 6.07) is 13.9. The van der Waals surface area contributed by atoms with Crippen LogP contribution in [-0.4, -0.2) is 40.5 Å². The van der Waals surface area contributed by atoms with Crippen LogP contribution in [0.4, 0.5) is 4.39 Å². The molecule has 1 amide bonds. The van der Waals surface area contributed by atoms with Gasteiger partial charge in [-0.3, -0.25) is 14.8 Å². The van der Waals surface area contributed by atoms with Gasteiger partial charge in [0, 0.05) is 37.0 Å². The number of aromatic nitrogens is 2. The molecule has 1 aliphatic rings. The highest BCUT2D eigenvalue weighted by atomic mass is 19.1. The molecule has 154 valence electrons. The minimum Gasteiger partial charge on any atom is -0.484 e. The summed E-state index contributed by atoms with van der Waals surface area (Å²) in [4.78, 5) is 23.8. The van der Waals surface area contributed by atoms with Crippen LogP contribution in [0.1, 0.15) is 30.0 Å². The molecule has 0 N–H and O–H groups in total. The van der Waals surface area contributed by atoms with Crippen LogP contribution in [0.5, 0.6) is 5.75 Å². The summed E-state index contributed by atoms with van der Waals surface area (Å²) in [6.45, 7) is 3.27. The first-order valence-electron chi connectivity index (χ1n) is 10.1. The molecule has 30 heavy (non-hydrogen) atoms. The molecule has 0 aliphatic carbocycles. The van der Waals surface area contributed by atoms with Crippen molar-refractivity contribution in [3.05, 3.63) is 78.0 Å². The third-order valence-corrected chi connectivity index (χ3v) is 5.35. The molecular weight excluding hydrogens is 381 g/mol. The summed E-state index contributed by atoms with van der Waals surface area (Å²) in [6.07, 6.45) is 5.29. The number of hydrogen-bond donors (Lipinski definition) is 0. The zero-order chi connectivity index (χ0) is 20.9. The SMILES string of the molecule is Cc1cccc(-c2nccnc2[C@H]2CCCN(C(=O)COc3ccc(F)cc3)C2)c1. The molecule has 1 atom stereocenters. The van der Waals surface area contributed by atoms with Crippen LogP contribution in [-0.2, 0) is 4.79 Å². The Labute approximate surface area is 175 Å². The number of rotatable bonds is 5. The summed E-state index contributed by atoms with van der Waals surface area (Å²) < 4.78 is 18.6. The molecule has 0 unspecified atom stereocenters. The van der Waals surface area contributed by atoms with E-state index in [-0.39, 0.29) is 24.2 Å². The van der Waals surface area contributed by atoms with Crippen LogP contribution in [0, 0.1) is 12.7 Å². The fraction of sp³-hybridized carbons (Fsp3) is 0.292. The number of hydrogen-bond acceptors (Lipinski definition) is 4. The normalized spacial score (nSPS) is 16.3. The van der Waals surface area contributed by atoms with Gasteiger partial charge in [0.2, 0.25) is 0 Å². The number of likely N-dealkylation sites (tertiary alicyclic amines) is 1. The molecule has 3 aromatic rings. The van der Waals surface area contributed by atoms with Gasteiger partial charge < -0.3 is 9.64 Å². The van der Waals surface area contributed by atoms with Crippen LogP contribution in [0.2, 0.25) is 0 Å². The van der Waals surface area contributed by atoms with Crippen molar-refractivity contribution in [2.45, 2.75) is 25.7 Å². The molecule has 0 bridgehead atoms. The molecule has 0 radical (unpaired) electrons. The molecule has 0 spiro atoms. The van der Waals surface area contributed by atoms with Gasteiger partial charge in [0.05, 0.1) is 11.4 Å². The Morgan fingerprint density at radius 3 is 2.77 bits per heavy atom. The van der Waals surface area contributed by atoms with Crippen molar-refractivity contribution < 1.29 is 13.9 Å². The maximum absolute atomic E-state index is 13.0. The van der Waals surface area contributed by atoms with Crippen molar-refractivity contribution in [3.8, 4) is 17.0 Å². The van der Waals surface area contributed by atoms with E-state index in [2.05, 4.69) is 29.0 Å². The largest absolute Gasteiger partial charge is 0.484 e. The Balaban J connectivity index is 1.46. The lowest BCUT2D eigenvalue weighted by molar-refractivity contribution is -0.134. The Morgan fingerprint density at radius 1 is 1.17 bits per heavy atom. The number of aryl methyl sites for hydroxylation is 1. The number of nitrogens with zero attached hydrogens (tertiary/aromatic N) is 3. The maximum Gasteiger partial charge on any atom is 0.260 e. The molecule has 1 saturated heterocycles. The van der Waals surface area contributed by atoms with Crippen molar-refractivity contribution in [2.75, 3.05) is 19.7 Å². The standard InChI is InChI=1S/C24H24FN3O2/c1-17-4-2-5-18(14-17)23-24(27-12-11-26-23)19-6-3-13-28(15-19)22(29)16-30-21-9-7-20(25)8-10-21/h2,4-5,7-12,14,19H,3,6,13,15-16H2,1H3/t19-/m0/s1. The van der Waals surface area contributed by atoms with Crippen molar-refractivity contribution in [1.29, 1.82) is 0 Å². The Bertz CT molecular complexity index is 1020. The monoisotopic (exact) mass is 405 g/mol. The second-order valence-electron chi connectivity index (χ2n) is 7.58. The van der Waals surface area contributed by atoms with Gasteiger partial charge >= 0.3 is 0 Å². The zero-order valence-corrected chi connectivity index (χ0v) is 16.9. The lowest BCUT2D eigenvalue weighted by atomic mass is 9.91. The molecule has 1 aromatic heterocycles. The molecule has 5 nitrogen and oxygen atoms in total. The predicted molar refractivity (Wildman–Crippen MR) is 113 cm³/mol. The first kappa shape index (κ1) is 20.0. The van der Waals surface area contributed by atoms with E-state index in [0.717, 1.165) is 29.8 Å². The number of amides is 1. The van der Waals surface area contributed by atoms with Crippen molar-refractivity contribution >= 4 is 5.91 Å². The molecule has 1 fully saturated rings. The topological polar surface area (TPSA) is 55.3 Å². The Hall–Kier alpha value is -3.28. The molecule has 0 saturated carbocycles. The minimum absolute atomic E-state index is 0.0659. The average Bonchev–Trinajstić information content (AvgIpc) is 2.78. The Kier molecular flexibility index (Phi) is 6.02. The van der Waals surface area contributed by atoms with Gasteiger partial charge in [-0.25, -0.2) is 4.39 Å². The lowest BCUT2D eigenvalue weighted by Gasteiger charge is -2.33. The number of carbonyl (C=O) groups excluding carboxylic acids is 1. The van der Waals surface area contributed by atoms with Gasteiger partial charge in [0.15, 0.2) is 6.61 Å². The predicted octanol–water partition coefficient (Wildman–Crippen LogP) is 4.38. The molecule has 2 heterocycles. The van der Waals surface area contributed by atoms with Crippen LogP contribution in [0.15, 0.2) is 60.9 Å². The highest BCUT2D eigenvalue weighted by Crippen LogP contribution is 2.32. The number of halogens is 1. The fourth-order valence-electron chi connectivity index (χ4n) is 3.86. The van der Waals surface area contributed by atoms with Gasteiger partial charge in [-0.15, -0.1) is 0 Å². The number of benzene rings is 2. The summed E-state index contributed by atoms with van der Waals surface area (Å²) in [7, 11) is 0. The molecule has 6 heteroatoms. The third-order valence-electron chi connectivity index (χ3n) is 5.35. The molecule has 4 rings (SSSR count). The van der Waals surface area contributed by atoms with Gasteiger partial charge in [0.1, 0.15) is 11.6 Å². The van der Waals surface area contributed by atoms with Crippen LogP contribution < -0.4 is 4.74 Å². The van der Waals surface area contributed by atoms with E-state index >= 15 is 0 Å². The maximum atomic E-state index is 13.0. The van der Waals surface area contributed by atoms with Crippen LogP contribution in [0.3, 0.4) is 0 Å². The highest BCUT2D eigenvalue weighted by Gasteiger charge is 2.28. The van der Waals surface area contributed by atoms with Crippen LogP contribution in [0.25, 0.3) is 11.3 Å². The third kappa shape index (κ3) is 4.64. The van der Waals surface area contributed by atoms with Gasteiger partial charge in [-0.05, 0) is 50.1 Å². The minimum atomic E-state index is -0.332. The van der Waals surface area contributed by atoms with Crippen molar-refractivity contribution in [1.82, 2.24) is 14.9 Å². The summed E-state index contributed by atoms with van der Waals surface area (Å²) in [5, 5.41) is 0. The number of ether oxygens (including phenoxy) is 1. The van der Waals surface area contributed by atoms with E-state index < -0.39 is 0 Å².